The average Bonchev–Trinajstić information content (AvgIpc) is 2.61. The summed E-state index contributed by atoms with van der Waals surface area (Å²) in [4.78, 5) is 5.20. The fourth-order valence-corrected chi connectivity index (χ4v) is 6.14. The van der Waals surface area contributed by atoms with E-state index in [1.807, 2.05) is 32.9 Å². The standard InChI is InChI=1S/C20H33N3O3S/c1-16-13-17(2)19(18(3)14-16)27(24,25)21-15-20(5-7-22(4)8-6-20)23-9-11-26-12-10-23/h13-14,21H,5-12,15H2,1-4H3. The van der Waals surface area contributed by atoms with Gasteiger partial charge in [-0.3, -0.25) is 4.90 Å². The van der Waals surface area contributed by atoms with Crippen LogP contribution in [0.15, 0.2) is 17.0 Å². The maximum Gasteiger partial charge on any atom is 0.241 e. The van der Waals surface area contributed by atoms with Gasteiger partial charge in [0.25, 0.3) is 0 Å². The highest BCUT2D eigenvalue weighted by atomic mass is 32.2. The van der Waals surface area contributed by atoms with Crippen LogP contribution < -0.4 is 4.72 Å². The predicted octanol–water partition coefficient (Wildman–Crippen LogP) is 1.69. The van der Waals surface area contributed by atoms with E-state index in [4.69, 9.17) is 4.74 Å². The van der Waals surface area contributed by atoms with E-state index < -0.39 is 10.0 Å². The van der Waals surface area contributed by atoms with Gasteiger partial charge in [-0.2, -0.15) is 0 Å². The molecule has 1 aromatic carbocycles. The maximum atomic E-state index is 13.2. The van der Waals surface area contributed by atoms with Crippen LogP contribution in [-0.4, -0.2) is 76.7 Å². The molecule has 152 valence electrons. The molecule has 2 saturated heterocycles. The number of sulfonamides is 1. The summed E-state index contributed by atoms with van der Waals surface area (Å²) in [5.74, 6) is 0. The average molecular weight is 396 g/mol. The number of morpholine rings is 1. The molecule has 6 nitrogen and oxygen atoms in total. The Hall–Kier alpha value is -0.990. The SMILES string of the molecule is Cc1cc(C)c(S(=O)(=O)NCC2(N3CCOCC3)CCN(C)CC2)c(C)c1. The Morgan fingerprint density at radius 3 is 2.15 bits per heavy atom. The molecule has 2 fully saturated rings. The highest BCUT2D eigenvalue weighted by Crippen LogP contribution is 2.30. The van der Waals surface area contributed by atoms with Crippen LogP contribution in [0.5, 0.6) is 0 Å². The molecule has 0 spiro atoms. The molecule has 1 aromatic rings. The smallest absolute Gasteiger partial charge is 0.241 e. The highest BCUT2D eigenvalue weighted by Gasteiger charge is 2.40. The van der Waals surface area contributed by atoms with Crippen LogP contribution in [-0.2, 0) is 14.8 Å². The van der Waals surface area contributed by atoms with Gasteiger partial charge in [-0.1, -0.05) is 17.7 Å². The molecular formula is C20H33N3O3S. The molecule has 0 aliphatic carbocycles. The molecular weight excluding hydrogens is 362 g/mol. The number of hydrogen-bond acceptors (Lipinski definition) is 5. The van der Waals surface area contributed by atoms with Gasteiger partial charge in [0.15, 0.2) is 0 Å². The molecule has 0 bridgehead atoms. The van der Waals surface area contributed by atoms with Gasteiger partial charge in [0.05, 0.1) is 18.1 Å². The number of rotatable bonds is 5. The number of nitrogens with one attached hydrogen (secondary N) is 1. The molecule has 27 heavy (non-hydrogen) atoms. The van der Waals surface area contributed by atoms with Crippen molar-refractivity contribution in [2.24, 2.45) is 0 Å². The molecule has 2 heterocycles. The van der Waals surface area contributed by atoms with Gasteiger partial charge in [-0.15, -0.1) is 0 Å². The first-order valence-electron chi connectivity index (χ1n) is 9.82. The molecule has 0 radical (unpaired) electrons. The van der Waals surface area contributed by atoms with Crippen LogP contribution in [0.1, 0.15) is 29.5 Å². The number of ether oxygens (including phenoxy) is 1. The van der Waals surface area contributed by atoms with E-state index in [1.54, 1.807) is 0 Å². The third-order valence-corrected chi connectivity index (χ3v) is 7.77. The van der Waals surface area contributed by atoms with Crippen molar-refractivity contribution in [1.29, 1.82) is 0 Å². The molecule has 0 unspecified atom stereocenters. The van der Waals surface area contributed by atoms with E-state index in [0.29, 0.717) is 11.4 Å². The molecule has 0 amide bonds. The van der Waals surface area contributed by atoms with E-state index in [0.717, 1.165) is 68.9 Å². The minimum atomic E-state index is -3.55. The number of aryl methyl sites for hydroxylation is 3. The monoisotopic (exact) mass is 395 g/mol. The van der Waals surface area contributed by atoms with Crippen LogP contribution in [0.4, 0.5) is 0 Å². The van der Waals surface area contributed by atoms with Gasteiger partial charge >= 0.3 is 0 Å². The zero-order valence-electron chi connectivity index (χ0n) is 17.0. The summed E-state index contributed by atoms with van der Waals surface area (Å²) in [5, 5.41) is 0. The van der Waals surface area contributed by atoms with Crippen LogP contribution in [0.2, 0.25) is 0 Å². The lowest BCUT2D eigenvalue weighted by molar-refractivity contribution is -0.0427. The van der Waals surface area contributed by atoms with Crippen LogP contribution in [0.25, 0.3) is 0 Å². The lowest BCUT2D eigenvalue weighted by Gasteiger charge is -2.49. The summed E-state index contributed by atoms with van der Waals surface area (Å²) in [5.41, 5.74) is 2.58. The van der Waals surface area contributed by atoms with Crippen LogP contribution in [0.3, 0.4) is 0 Å². The Kier molecular flexibility index (Phi) is 6.27. The number of benzene rings is 1. The van der Waals surface area contributed by atoms with Gasteiger partial charge < -0.3 is 9.64 Å². The first-order chi connectivity index (χ1) is 12.7. The Morgan fingerprint density at radius 2 is 1.59 bits per heavy atom. The van der Waals surface area contributed by atoms with E-state index in [1.165, 1.54) is 0 Å². The Bertz CT molecular complexity index is 742. The summed E-state index contributed by atoms with van der Waals surface area (Å²) < 4.78 is 34.8. The van der Waals surface area contributed by atoms with Crippen molar-refractivity contribution in [2.75, 3.05) is 53.0 Å². The van der Waals surface area contributed by atoms with Crippen molar-refractivity contribution in [3.05, 3.63) is 28.8 Å². The topological polar surface area (TPSA) is 61.9 Å². The Balaban J connectivity index is 1.82. The molecule has 1 N–H and O–H groups in total. The largest absolute Gasteiger partial charge is 0.379 e. The lowest BCUT2D eigenvalue weighted by atomic mass is 9.85. The summed E-state index contributed by atoms with van der Waals surface area (Å²) in [6.07, 6.45) is 1.94. The molecule has 0 atom stereocenters. The van der Waals surface area contributed by atoms with Crippen LogP contribution in [0, 0.1) is 20.8 Å². The fourth-order valence-electron chi connectivity index (χ4n) is 4.57. The molecule has 0 saturated carbocycles. The second kappa shape index (κ2) is 8.17. The molecule has 2 aliphatic rings. The number of nitrogens with zero attached hydrogens (tertiary/aromatic N) is 2. The number of likely N-dealkylation sites (tertiary alicyclic amines) is 1. The number of hydrogen-bond donors (Lipinski definition) is 1. The Morgan fingerprint density at radius 1 is 1.04 bits per heavy atom. The summed E-state index contributed by atoms with van der Waals surface area (Å²) in [6.45, 7) is 11.4. The van der Waals surface area contributed by atoms with Crippen molar-refractivity contribution >= 4 is 10.0 Å². The fraction of sp³-hybridized carbons (Fsp3) is 0.700. The summed E-state index contributed by atoms with van der Waals surface area (Å²) >= 11 is 0. The highest BCUT2D eigenvalue weighted by molar-refractivity contribution is 7.89. The van der Waals surface area contributed by atoms with E-state index in [9.17, 15) is 8.42 Å². The van der Waals surface area contributed by atoms with Gasteiger partial charge in [-0.25, -0.2) is 13.1 Å². The van der Waals surface area contributed by atoms with Crippen molar-refractivity contribution in [1.82, 2.24) is 14.5 Å². The minimum absolute atomic E-state index is 0.129. The maximum absolute atomic E-state index is 13.2. The summed E-state index contributed by atoms with van der Waals surface area (Å²) in [6, 6.07) is 3.88. The quantitative estimate of drug-likeness (QED) is 0.822. The molecule has 2 aliphatic heterocycles. The van der Waals surface area contributed by atoms with Crippen molar-refractivity contribution in [3.8, 4) is 0 Å². The van der Waals surface area contributed by atoms with Crippen molar-refractivity contribution < 1.29 is 13.2 Å². The third-order valence-electron chi connectivity index (χ3n) is 6.06. The zero-order valence-corrected chi connectivity index (χ0v) is 17.9. The first kappa shape index (κ1) is 20.7. The van der Waals surface area contributed by atoms with Gasteiger partial charge in [0.2, 0.25) is 10.0 Å². The Labute approximate surface area is 163 Å². The lowest BCUT2D eigenvalue weighted by Crippen LogP contribution is -2.62. The predicted molar refractivity (Wildman–Crippen MR) is 108 cm³/mol. The van der Waals surface area contributed by atoms with Crippen molar-refractivity contribution in [2.45, 2.75) is 44.0 Å². The van der Waals surface area contributed by atoms with Gasteiger partial charge in [0.1, 0.15) is 0 Å². The molecule has 7 heteroatoms. The normalized spacial score (nSPS) is 22.1. The van der Waals surface area contributed by atoms with E-state index >= 15 is 0 Å². The number of piperidine rings is 1. The van der Waals surface area contributed by atoms with Crippen LogP contribution >= 0.6 is 0 Å². The molecule has 3 rings (SSSR count). The van der Waals surface area contributed by atoms with E-state index in [2.05, 4.69) is 21.6 Å². The summed E-state index contributed by atoms with van der Waals surface area (Å²) in [7, 11) is -1.42. The van der Waals surface area contributed by atoms with Gasteiger partial charge in [0, 0.05) is 25.2 Å². The van der Waals surface area contributed by atoms with Crippen molar-refractivity contribution in [3.63, 3.8) is 0 Å². The van der Waals surface area contributed by atoms with E-state index in [-0.39, 0.29) is 5.54 Å². The third kappa shape index (κ3) is 4.54. The first-order valence-corrected chi connectivity index (χ1v) is 11.3. The molecule has 0 aromatic heterocycles. The second-order valence-corrected chi connectivity index (χ2v) is 9.88. The second-order valence-electron chi connectivity index (χ2n) is 8.18. The van der Waals surface area contributed by atoms with Gasteiger partial charge in [-0.05, 0) is 64.9 Å². The zero-order chi connectivity index (χ0) is 19.7. The minimum Gasteiger partial charge on any atom is -0.379 e.